The Balaban J connectivity index is 1.80. The van der Waals surface area contributed by atoms with Crippen LogP contribution in [-0.4, -0.2) is 54.8 Å². The summed E-state index contributed by atoms with van der Waals surface area (Å²) in [5.74, 6) is 0.543. The second-order valence-electron chi connectivity index (χ2n) is 5.65. The Hall–Kier alpha value is -0.260. The molecule has 2 rings (SSSR count). The van der Waals surface area contributed by atoms with E-state index >= 15 is 0 Å². The van der Waals surface area contributed by atoms with Crippen LogP contribution in [0.1, 0.15) is 32.1 Å². The average molecular weight is 262 g/mol. The number of rotatable bonds is 7. The molecular formula is C13H24F2N2O. The van der Waals surface area contributed by atoms with E-state index in [0.29, 0.717) is 12.0 Å². The molecule has 0 radical (unpaired) electrons. The van der Waals surface area contributed by atoms with Gasteiger partial charge in [0, 0.05) is 31.8 Å². The first-order valence-electron chi connectivity index (χ1n) is 7.05. The molecule has 18 heavy (non-hydrogen) atoms. The third-order valence-electron chi connectivity index (χ3n) is 3.96. The highest BCUT2D eigenvalue weighted by molar-refractivity contribution is 4.92. The summed E-state index contributed by atoms with van der Waals surface area (Å²) in [7, 11) is 0. The molecule has 2 aliphatic rings. The van der Waals surface area contributed by atoms with Gasteiger partial charge in [0.1, 0.15) is 0 Å². The largest absolute Gasteiger partial charge is 0.396 e. The number of hydrogen-bond acceptors (Lipinski definition) is 3. The van der Waals surface area contributed by atoms with Gasteiger partial charge in [0.05, 0.1) is 6.54 Å². The summed E-state index contributed by atoms with van der Waals surface area (Å²) in [6.07, 6.45) is 3.05. The van der Waals surface area contributed by atoms with E-state index in [1.807, 2.05) is 0 Å². The second-order valence-corrected chi connectivity index (χ2v) is 5.65. The van der Waals surface area contributed by atoms with Crippen LogP contribution in [0.25, 0.3) is 0 Å². The lowest BCUT2D eigenvalue weighted by atomic mass is 9.90. The first-order valence-corrected chi connectivity index (χ1v) is 7.05. The molecule has 2 N–H and O–H groups in total. The number of aliphatic hydroxyl groups is 1. The molecule has 2 fully saturated rings. The highest BCUT2D eigenvalue weighted by atomic mass is 19.3. The van der Waals surface area contributed by atoms with Crippen LogP contribution in [0.4, 0.5) is 8.78 Å². The van der Waals surface area contributed by atoms with Gasteiger partial charge in [-0.1, -0.05) is 0 Å². The maximum atomic E-state index is 12.2. The van der Waals surface area contributed by atoms with Crippen LogP contribution in [0, 0.1) is 5.92 Å². The van der Waals surface area contributed by atoms with E-state index in [1.165, 1.54) is 12.8 Å². The molecule has 1 saturated heterocycles. The van der Waals surface area contributed by atoms with Gasteiger partial charge in [-0.2, -0.15) is 0 Å². The number of nitrogens with one attached hydrogen (secondary N) is 1. The molecule has 1 aliphatic carbocycles. The predicted octanol–water partition coefficient (Wildman–Crippen LogP) is 1.47. The minimum Gasteiger partial charge on any atom is -0.396 e. The second kappa shape index (κ2) is 6.78. The SMILES string of the molecule is OCCCC1CC(NCC(F)F)CN(C2CC2)C1. The van der Waals surface area contributed by atoms with Gasteiger partial charge >= 0.3 is 0 Å². The number of likely N-dealkylation sites (tertiary alicyclic amines) is 1. The van der Waals surface area contributed by atoms with E-state index in [4.69, 9.17) is 5.11 Å². The van der Waals surface area contributed by atoms with E-state index in [9.17, 15) is 8.78 Å². The van der Waals surface area contributed by atoms with Crippen molar-refractivity contribution < 1.29 is 13.9 Å². The van der Waals surface area contributed by atoms with Crippen molar-refractivity contribution in [2.24, 2.45) is 5.92 Å². The summed E-state index contributed by atoms with van der Waals surface area (Å²) in [4.78, 5) is 2.45. The highest BCUT2D eigenvalue weighted by Crippen LogP contribution is 2.32. The van der Waals surface area contributed by atoms with Crippen molar-refractivity contribution in [2.45, 2.75) is 50.6 Å². The molecular weight excluding hydrogens is 238 g/mol. The van der Waals surface area contributed by atoms with Gasteiger partial charge in [-0.05, 0) is 38.0 Å². The topological polar surface area (TPSA) is 35.5 Å². The minimum absolute atomic E-state index is 0.192. The summed E-state index contributed by atoms with van der Waals surface area (Å²) in [6.45, 7) is 2.02. The standard InChI is InChI=1S/C13H24F2N2O/c14-13(15)7-16-11-6-10(2-1-5-18)8-17(9-11)12-3-4-12/h10-13,16,18H,1-9H2. The fourth-order valence-electron chi connectivity index (χ4n) is 2.97. The summed E-state index contributed by atoms with van der Waals surface area (Å²) < 4.78 is 24.5. The zero-order valence-electron chi connectivity index (χ0n) is 10.8. The third-order valence-corrected chi connectivity index (χ3v) is 3.96. The van der Waals surface area contributed by atoms with E-state index in [-0.39, 0.29) is 19.2 Å². The first-order chi connectivity index (χ1) is 8.69. The first kappa shape index (κ1) is 14.2. The van der Waals surface area contributed by atoms with Gasteiger partial charge in [-0.25, -0.2) is 8.78 Å². The molecule has 0 aromatic heterocycles. The quantitative estimate of drug-likeness (QED) is 0.729. The Morgan fingerprint density at radius 2 is 2.06 bits per heavy atom. The maximum Gasteiger partial charge on any atom is 0.250 e. The van der Waals surface area contributed by atoms with E-state index in [2.05, 4.69) is 10.2 Å². The van der Waals surface area contributed by atoms with Crippen LogP contribution in [0.3, 0.4) is 0 Å². The fraction of sp³-hybridized carbons (Fsp3) is 1.00. The van der Waals surface area contributed by atoms with Crippen LogP contribution >= 0.6 is 0 Å². The number of alkyl halides is 2. The van der Waals surface area contributed by atoms with Crippen molar-refractivity contribution in [1.29, 1.82) is 0 Å². The van der Waals surface area contributed by atoms with E-state index < -0.39 is 6.43 Å². The number of halogens is 2. The lowest BCUT2D eigenvalue weighted by molar-refractivity contribution is 0.100. The molecule has 2 atom stereocenters. The van der Waals surface area contributed by atoms with Gasteiger partial charge in [-0.15, -0.1) is 0 Å². The fourth-order valence-corrected chi connectivity index (χ4v) is 2.97. The molecule has 2 unspecified atom stereocenters. The Labute approximate surface area is 108 Å². The number of nitrogens with zero attached hydrogens (tertiary/aromatic N) is 1. The molecule has 0 aromatic rings. The van der Waals surface area contributed by atoms with Crippen molar-refractivity contribution >= 4 is 0 Å². The summed E-state index contributed by atoms with van der Waals surface area (Å²) in [6, 6.07) is 0.884. The Bertz CT molecular complexity index is 249. The minimum atomic E-state index is -2.27. The van der Waals surface area contributed by atoms with E-state index in [1.54, 1.807) is 0 Å². The highest BCUT2D eigenvalue weighted by Gasteiger charge is 2.35. The van der Waals surface area contributed by atoms with Crippen LogP contribution in [-0.2, 0) is 0 Å². The summed E-state index contributed by atoms with van der Waals surface area (Å²) in [5, 5.41) is 11.9. The predicted molar refractivity (Wildman–Crippen MR) is 66.8 cm³/mol. The molecule has 5 heteroatoms. The third kappa shape index (κ3) is 4.44. The average Bonchev–Trinajstić information content (AvgIpc) is 3.18. The molecule has 3 nitrogen and oxygen atoms in total. The molecule has 106 valence electrons. The normalized spacial score (nSPS) is 30.0. The number of piperidine rings is 1. The Morgan fingerprint density at radius 1 is 1.28 bits per heavy atom. The zero-order valence-corrected chi connectivity index (χ0v) is 10.8. The molecule has 0 bridgehead atoms. The van der Waals surface area contributed by atoms with Crippen molar-refractivity contribution in [3.05, 3.63) is 0 Å². The molecule has 1 heterocycles. The van der Waals surface area contributed by atoms with Gasteiger partial charge < -0.3 is 10.4 Å². The molecule has 0 aromatic carbocycles. The summed E-state index contributed by atoms with van der Waals surface area (Å²) in [5.41, 5.74) is 0. The van der Waals surface area contributed by atoms with Crippen molar-refractivity contribution in [3.8, 4) is 0 Å². The van der Waals surface area contributed by atoms with Gasteiger partial charge in [-0.3, -0.25) is 4.90 Å². The lowest BCUT2D eigenvalue weighted by Gasteiger charge is -2.38. The van der Waals surface area contributed by atoms with E-state index in [0.717, 1.165) is 32.4 Å². The smallest absolute Gasteiger partial charge is 0.250 e. The van der Waals surface area contributed by atoms with Crippen molar-refractivity contribution in [1.82, 2.24) is 10.2 Å². The van der Waals surface area contributed by atoms with Crippen molar-refractivity contribution in [3.63, 3.8) is 0 Å². The van der Waals surface area contributed by atoms with Crippen LogP contribution in [0.2, 0.25) is 0 Å². The maximum absolute atomic E-state index is 12.2. The van der Waals surface area contributed by atoms with Crippen LogP contribution < -0.4 is 5.32 Å². The molecule has 0 spiro atoms. The van der Waals surface area contributed by atoms with Gasteiger partial charge in [0.2, 0.25) is 0 Å². The van der Waals surface area contributed by atoms with Crippen LogP contribution in [0.15, 0.2) is 0 Å². The van der Waals surface area contributed by atoms with Gasteiger partial charge in [0.15, 0.2) is 0 Å². The lowest BCUT2D eigenvalue weighted by Crippen LogP contribution is -2.50. The number of aliphatic hydroxyl groups excluding tert-OH is 1. The van der Waals surface area contributed by atoms with Crippen LogP contribution in [0.5, 0.6) is 0 Å². The Morgan fingerprint density at radius 3 is 2.67 bits per heavy atom. The molecule has 1 saturated carbocycles. The van der Waals surface area contributed by atoms with Gasteiger partial charge in [0.25, 0.3) is 6.43 Å². The Kier molecular flexibility index (Phi) is 5.33. The summed E-state index contributed by atoms with van der Waals surface area (Å²) >= 11 is 0. The van der Waals surface area contributed by atoms with Crippen molar-refractivity contribution in [2.75, 3.05) is 26.2 Å². The zero-order chi connectivity index (χ0) is 13.0. The number of hydrogen-bond donors (Lipinski definition) is 2. The molecule has 1 aliphatic heterocycles. The monoisotopic (exact) mass is 262 g/mol. The molecule has 0 amide bonds.